The Kier molecular flexibility index (Phi) is 7.78. The molecule has 0 aliphatic heterocycles. The van der Waals surface area contributed by atoms with E-state index < -0.39 is 0 Å². The lowest BCUT2D eigenvalue weighted by molar-refractivity contribution is -0.119. The van der Waals surface area contributed by atoms with Crippen molar-refractivity contribution in [2.24, 2.45) is 0 Å². The van der Waals surface area contributed by atoms with Crippen molar-refractivity contribution in [3.05, 3.63) is 50.6 Å². The third-order valence-electron chi connectivity index (χ3n) is 2.96. The third-order valence-corrected chi connectivity index (χ3v) is 4.61. The van der Waals surface area contributed by atoms with Gasteiger partial charge in [0.1, 0.15) is 5.75 Å². The summed E-state index contributed by atoms with van der Waals surface area (Å²) in [5.41, 5.74) is 0. The molecule has 2 N–H and O–H groups in total. The first kappa shape index (κ1) is 19.0. The minimum atomic E-state index is -0.149. The van der Waals surface area contributed by atoms with Crippen molar-refractivity contribution in [3.8, 4) is 5.75 Å². The summed E-state index contributed by atoms with van der Waals surface area (Å²) in [7, 11) is 0. The van der Waals surface area contributed by atoms with Gasteiger partial charge in [0.05, 0.1) is 18.2 Å². The molecule has 2 aromatic rings. The summed E-state index contributed by atoms with van der Waals surface area (Å²) in [5.74, 6) is 0.402. The number of thiocarbonyl (C=S) groups is 1. The average molecular weight is 403 g/mol. The van der Waals surface area contributed by atoms with Crippen molar-refractivity contribution in [2.75, 3.05) is 6.61 Å². The Hall–Kier alpha value is -1.34. The van der Waals surface area contributed by atoms with E-state index in [1.54, 1.807) is 29.5 Å². The van der Waals surface area contributed by atoms with Crippen molar-refractivity contribution < 1.29 is 9.53 Å². The third kappa shape index (κ3) is 6.65. The molecule has 1 heterocycles. The van der Waals surface area contributed by atoms with E-state index in [9.17, 15) is 4.79 Å². The molecule has 1 aromatic heterocycles. The fourth-order valence-electron chi connectivity index (χ4n) is 1.82. The molecule has 0 bridgehead atoms. The Bertz CT molecular complexity index is 693. The molecule has 0 aliphatic carbocycles. The van der Waals surface area contributed by atoms with E-state index in [0.29, 0.717) is 46.9 Å². The van der Waals surface area contributed by atoms with Gasteiger partial charge in [-0.05, 0) is 48.3 Å². The Labute approximate surface area is 160 Å². The number of rotatable bonds is 7. The Balaban J connectivity index is 1.61. The zero-order chi connectivity index (χ0) is 17.4. The fraction of sp³-hybridized carbons (Fsp3) is 0.250. The molecule has 0 spiro atoms. The predicted octanol–water partition coefficient (Wildman–Crippen LogP) is 4.40. The zero-order valence-corrected chi connectivity index (χ0v) is 15.8. The molecule has 4 nitrogen and oxygen atoms in total. The quantitative estimate of drug-likeness (QED) is 0.531. The maximum atomic E-state index is 11.8. The zero-order valence-electron chi connectivity index (χ0n) is 12.7. The van der Waals surface area contributed by atoms with Crippen LogP contribution in [0.4, 0.5) is 0 Å². The molecule has 0 fully saturated rings. The largest absolute Gasteiger partial charge is 0.492 e. The van der Waals surface area contributed by atoms with Gasteiger partial charge in [0.25, 0.3) is 0 Å². The molecular formula is C16H16Cl2N2O2S2. The number of thiophene rings is 1. The number of carbonyl (C=O) groups excluding carboxylic acids is 1. The second-order valence-electron chi connectivity index (χ2n) is 4.84. The minimum Gasteiger partial charge on any atom is -0.492 e. The van der Waals surface area contributed by atoms with Gasteiger partial charge in [0.2, 0.25) is 5.91 Å². The molecule has 8 heteroatoms. The van der Waals surface area contributed by atoms with Crippen molar-refractivity contribution >= 4 is 57.8 Å². The predicted molar refractivity (Wildman–Crippen MR) is 103 cm³/mol. The van der Waals surface area contributed by atoms with Crippen LogP contribution in [0, 0.1) is 0 Å². The van der Waals surface area contributed by atoms with E-state index in [0.717, 1.165) is 4.88 Å². The average Bonchev–Trinajstić information content (AvgIpc) is 3.04. The molecule has 0 atom stereocenters. The lowest BCUT2D eigenvalue weighted by atomic mass is 10.3. The fourth-order valence-corrected chi connectivity index (χ4v) is 3.11. The molecule has 1 amide bonds. The molecule has 0 saturated carbocycles. The van der Waals surface area contributed by atoms with Crippen LogP contribution < -0.4 is 15.4 Å². The molecule has 2 rings (SSSR count). The van der Waals surface area contributed by atoms with Gasteiger partial charge in [0, 0.05) is 16.3 Å². The first-order chi connectivity index (χ1) is 11.5. The summed E-state index contributed by atoms with van der Waals surface area (Å²) in [6, 6.07) is 8.99. The van der Waals surface area contributed by atoms with Crippen LogP contribution in [-0.2, 0) is 11.3 Å². The highest BCUT2D eigenvalue weighted by molar-refractivity contribution is 7.80. The van der Waals surface area contributed by atoms with Crippen LogP contribution in [0.15, 0.2) is 35.7 Å². The highest BCUT2D eigenvalue weighted by atomic mass is 35.5. The van der Waals surface area contributed by atoms with Gasteiger partial charge in [-0.1, -0.05) is 29.3 Å². The maximum Gasteiger partial charge on any atom is 0.226 e. The number of hydrogen-bond acceptors (Lipinski definition) is 4. The van der Waals surface area contributed by atoms with Gasteiger partial charge in [-0.15, -0.1) is 11.3 Å². The maximum absolute atomic E-state index is 11.8. The normalized spacial score (nSPS) is 10.2. The van der Waals surface area contributed by atoms with Crippen molar-refractivity contribution in [2.45, 2.75) is 19.4 Å². The number of benzene rings is 1. The van der Waals surface area contributed by atoms with Crippen LogP contribution in [0.1, 0.15) is 17.7 Å². The number of nitrogens with one attached hydrogen (secondary N) is 2. The summed E-state index contributed by atoms with van der Waals surface area (Å²) >= 11 is 18.5. The van der Waals surface area contributed by atoms with E-state index in [4.69, 9.17) is 40.2 Å². The van der Waals surface area contributed by atoms with Crippen molar-refractivity contribution in [1.82, 2.24) is 10.6 Å². The lowest BCUT2D eigenvalue weighted by Gasteiger charge is -2.10. The monoisotopic (exact) mass is 402 g/mol. The lowest BCUT2D eigenvalue weighted by Crippen LogP contribution is -2.38. The van der Waals surface area contributed by atoms with Crippen LogP contribution in [0.25, 0.3) is 0 Å². The molecule has 1 aromatic carbocycles. The van der Waals surface area contributed by atoms with Crippen molar-refractivity contribution in [3.63, 3.8) is 0 Å². The van der Waals surface area contributed by atoms with E-state index in [-0.39, 0.29) is 5.91 Å². The molecule has 0 aliphatic rings. The van der Waals surface area contributed by atoms with Gasteiger partial charge in [-0.3, -0.25) is 4.79 Å². The first-order valence-corrected chi connectivity index (χ1v) is 9.27. The van der Waals surface area contributed by atoms with Crippen LogP contribution in [0.3, 0.4) is 0 Å². The number of carbonyl (C=O) groups is 1. The number of hydrogen-bond donors (Lipinski definition) is 2. The summed E-state index contributed by atoms with van der Waals surface area (Å²) in [5, 5.41) is 8.96. The summed E-state index contributed by atoms with van der Waals surface area (Å²) in [6.45, 7) is 0.985. The van der Waals surface area contributed by atoms with Crippen LogP contribution in [-0.4, -0.2) is 17.6 Å². The van der Waals surface area contributed by atoms with E-state index in [2.05, 4.69) is 10.6 Å². The summed E-state index contributed by atoms with van der Waals surface area (Å²) in [4.78, 5) is 13.0. The van der Waals surface area contributed by atoms with Crippen LogP contribution >= 0.6 is 46.8 Å². The van der Waals surface area contributed by atoms with Gasteiger partial charge >= 0.3 is 0 Å². The number of halogens is 2. The molecule has 0 unspecified atom stereocenters. The number of amides is 1. The SMILES string of the molecule is O=C(CCCOc1ccc(Cl)cc1Cl)NC(=S)NCc1cccs1. The second kappa shape index (κ2) is 9.84. The standard InChI is InChI=1S/C16H16Cl2N2O2S2/c17-11-5-6-14(13(18)9-11)22-7-1-4-15(21)20-16(23)19-10-12-3-2-8-24-12/h2-3,5-6,8-9H,1,4,7,10H2,(H2,19,20,21,23). The van der Waals surface area contributed by atoms with Crippen molar-refractivity contribution in [1.29, 1.82) is 0 Å². The van der Waals surface area contributed by atoms with Gasteiger partial charge in [-0.25, -0.2) is 0 Å². The van der Waals surface area contributed by atoms with E-state index in [1.807, 2.05) is 17.5 Å². The molecular weight excluding hydrogens is 387 g/mol. The van der Waals surface area contributed by atoms with Crippen LogP contribution in [0.2, 0.25) is 10.0 Å². The highest BCUT2D eigenvalue weighted by Gasteiger charge is 2.06. The summed E-state index contributed by atoms with van der Waals surface area (Å²) in [6.07, 6.45) is 0.865. The summed E-state index contributed by atoms with van der Waals surface area (Å²) < 4.78 is 5.53. The smallest absolute Gasteiger partial charge is 0.226 e. The number of ether oxygens (including phenoxy) is 1. The Morgan fingerprint density at radius 3 is 2.83 bits per heavy atom. The van der Waals surface area contributed by atoms with Gasteiger partial charge in [0.15, 0.2) is 5.11 Å². The molecule has 24 heavy (non-hydrogen) atoms. The molecule has 0 radical (unpaired) electrons. The first-order valence-electron chi connectivity index (χ1n) is 7.22. The highest BCUT2D eigenvalue weighted by Crippen LogP contribution is 2.27. The van der Waals surface area contributed by atoms with E-state index >= 15 is 0 Å². The molecule has 128 valence electrons. The topological polar surface area (TPSA) is 50.4 Å². The van der Waals surface area contributed by atoms with Crippen LogP contribution in [0.5, 0.6) is 5.75 Å². The van der Waals surface area contributed by atoms with Gasteiger partial charge in [-0.2, -0.15) is 0 Å². The second-order valence-corrected chi connectivity index (χ2v) is 7.12. The Morgan fingerprint density at radius 1 is 1.29 bits per heavy atom. The minimum absolute atomic E-state index is 0.149. The Morgan fingerprint density at radius 2 is 2.12 bits per heavy atom. The van der Waals surface area contributed by atoms with E-state index in [1.165, 1.54) is 0 Å². The van der Waals surface area contributed by atoms with Gasteiger partial charge < -0.3 is 15.4 Å². The molecule has 0 saturated heterocycles.